The SMILES string of the molecule is Cc1ccc(C(CC(=O)O)c2ccc3c(c2)nnn3C)cc1CN1CC(C)Cc2cc(CCCN)ccc2S1(=O)=O.O=C(O)C(F)(F)F. The lowest BCUT2D eigenvalue weighted by atomic mass is 9.86. The summed E-state index contributed by atoms with van der Waals surface area (Å²) in [7, 11) is -1.92. The van der Waals surface area contributed by atoms with Gasteiger partial charge in [-0.15, -0.1) is 5.10 Å². The molecular formula is C33H38F3N5O6S. The number of aryl methyl sites for hydroxylation is 3. The second kappa shape index (κ2) is 14.8. The molecule has 0 spiro atoms. The number of benzene rings is 3. The zero-order valence-electron chi connectivity index (χ0n) is 26.7. The van der Waals surface area contributed by atoms with Crippen LogP contribution in [-0.4, -0.2) is 69.1 Å². The maximum atomic E-state index is 13.9. The average molecular weight is 690 g/mol. The molecule has 0 radical (unpaired) electrons. The van der Waals surface area contributed by atoms with Crippen molar-refractivity contribution in [1.29, 1.82) is 0 Å². The molecule has 1 aromatic heterocycles. The number of hydrogen-bond acceptors (Lipinski definition) is 7. The summed E-state index contributed by atoms with van der Waals surface area (Å²) in [6.45, 7) is 5.26. The molecule has 15 heteroatoms. The number of aliphatic carboxylic acids is 2. The number of carboxylic acids is 2. The van der Waals surface area contributed by atoms with Crippen LogP contribution in [0.4, 0.5) is 13.2 Å². The predicted octanol–water partition coefficient (Wildman–Crippen LogP) is 4.79. The van der Waals surface area contributed by atoms with Gasteiger partial charge in [-0.3, -0.25) is 4.79 Å². The number of carboxylic acid groups (broad SMARTS) is 2. The number of alkyl halides is 3. The summed E-state index contributed by atoms with van der Waals surface area (Å²) in [6.07, 6.45) is -2.81. The molecule has 11 nitrogen and oxygen atoms in total. The van der Waals surface area contributed by atoms with E-state index in [2.05, 4.69) is 17.2 Å². The molecule has 5 rings (SSSR count). The van der Waals surface area contributed by atoms with Gasteiger partial charge in [0, 0.05) is 26.1 Å². The fourth-order valence-corrected chi connectivity index (χ4v) is 7.58. The third-order valence-corrected chi connectivity index (χ3v) is 10.2. The van der Waals surface area contributed by atoms with Gasteiger partial charge in [0.25, 0.3) is 0 Å². The highest BCUT2D eigenvalue weighted by Crippen LogP contribution is 2.34. The van der Waals surface area contributed by atoms with Crippen molar-refractivity contribution in [2.24, 2.45) is 18.7 Å². The molecule has 2 atom stereocenters. The quantitative estimate of drug-likeness (QED) is 0.224. The smallest absolute Gasteiger partial charge is 0.481 e. The van der Waals surface area contributed by atoms with Crippen LogP contribution in [0.15, 0.2) is 59.5 Å². The van der Waals surface area contributed by atoms with E-state index in [0.29, 0.717) is 29.9 Å². The number of sulfonamides is 1. The first-order chi connectivity index (χ1) is 22.5. The largest absolute Gasteiger partial charge is 0.490 e. The van der Waals surface area contributed by atoms with Gasteiger partial charge < -0.3 is 15.9 Å². The van der Waals surface area contributed by atoms with Crippen molar-refractivity contribution in [2.75, 3.05) is 13.1 Å². The molecule has 0 saturated carbocycles. The summed E-state index contributed by atoms with van der Waals surface area (Å²) in [5.41, 5.74) is 12.7. The van der Waals surface area contributed by atoms with Gasteiger partial charge >= 0.3 is 18.1 Å². The summed E-state index contributed by atoms with van der Waals surface area (Å²) in [5, 5.41) is 25.2. The Hall–Kier alpha value is -4.34. The number of nitrogens with two attached hydrogens (primary N) is 1. The van der Waals surface area contributed by atoms with Crippen LogP contribution < -0.4 is 5.73 Å². The van der Waals surface area contributed by atoms with E-state index in [-0.39, 0.29) is 18.9 Å². The Kier molecular flexibility index (Phi) is 11.3. The molecule has 4 N–H and O–H groups in total. The molecule has 4 aromatic rings. The van der Waals surface area contributed by atoms with Crippen LogP contribution in [0, 0.1) is 12.8 Å². The van der Waals surface area contributed by atoms with Gasteiger partial charge in [0.1, 0.15) is 5.52 Å². The molecule has 1 aliphatic rings. The monoisotopic (exact) mass is 689 g/mol. The van der Waals surface area contributed by atoms with Gasteiger partial charge in [0.2, 0.25) is 10.0 Å². The minimum absolute atomic E-state index is 0.104. The fraction of sp³-hybridized carbons (Fsp3) is 0.394. The Morgan fingerprint density at radius 1 is 1.06 bits per heavy atom. The van der Waals surface area contributed by atoms with E-state index in [4.69, 9.17) is 15.6 Å². The van der Waals surface area contributed by atoms with E-state index in [1.807, 2.05) is 62.5 Å². The number of halogens is 3. The summed E-state index contributed by atoms with van der Waals surface area (Å²) >= 11 is 0. The molecule has 0 bridgehead atoms. The highest BCUT2D eigenvalue weighted by Gasteiger charge is 2.38. The number of fused-ring (bicyclic) bond motifs is 2. The van der Waals surface area contributed by atoms with Crippen LogP contribution in [0.5, 0.6) is 0 Å². The number of aromatic nitrogens is 3. The Labute approximate surface area is 276 Å². The number of nitrogens with zero attached hydrogens (tertiary/aromatic N) is 4. The van der Waals surface area contributed by atoms with Gasteiger partial charge in [-0.25, -0.2) is 17.9 Å². The first-order valence-electron chi connectivity index (χ1n) is 15.2. The van der Waals surface area contributed by atoms with Crippen LogP contribution in [0.3, 0.4) is 0 Å². The summed E-state index contributed by atoms with van der Waals surface area (Å²) in [5.74, 6) is -3.96. The molecule has 0 aliphatic carbocycles. The van der Waals surface area contributed by atoms with Gasteiger partial charge in [0.05, 0.1) is 16.8 Å². The molecular weight excluding hydrogens is 651 g/mol. The molecule has 0 amide bonds. The molecule has 1 aliphatic heterocycles. The van der Waals surface area contributed by atoms with Crippen LogP contribution in [0.1, 0.15) is 59.1 Å². The summed E-state index contributed by atoms with van der Waals surface area (Å²) in [4.78, 5) is 21.2. The zero-order chi connectivity index (χ0) is 35.4. The minimum atomic E-state index is -5.08. The van der Waals surface area contributed by atoms with Gasteiger partial charge in [-0.05, 0) is 90.2 Å². The first-order valence-corrected chi connectivity index (χ1v) is 16.7. The van der Waals surface area contributed by atoms with E-state index in [9.17, 15) is 31.5 Å². The van der Waals surface area contributed by atoms with Crippen molar-refractivity contribution in [3.8, 4) is 0 Å². The zero-order valence-corrected chi connectivity index (χ0v) is 27.6. The van der Waals surface area contributed by atoms with Crippen molar-refractivity contribution < 1.29 is 41.4 Å². The lowest BCUT2D eigenvalue weighted by molar-refractivity contribution is -0.192. The Morgan fingerprint density at radius 2 is 1.73 bits per heavy atom. The second-order valence-electron chi connectivity index (χ2n) is 12.0. The van der Waals surface area contributed by atoms with E-state index in [1.54, 1.807) is 15.1 Å². The van der Waals surface area contributed by atoms with Crippen LogP contribution in [-0.2, 0) is 46.0 Å². The van der Waals surface area contributed by atoms with E-state index in [0.717, 1.165) is 51.7 Å². The van der Waals surface area contributed by atoms with Crippen molar-refractivity contribution >= 4 is 33.0 Å². The van der Waals surface area contributed by atoms with E-state index in [1.165, 1.54) is 0 Å². The molecule has 258 valence electrons. The standard InChI is InChI=1S/C31H37N5O4S.C2HF3O2/c1-20-13-25-14-22(5-4-12-32)7-11-30(25)41(39,40)36(18-20)19-26-15-23(8-6-21(26)2)27(17-31(37)38)24-9-10-29-28(16-24)33-34-35(29)3;3-2(4,5)1(6)7/h6-11,14-16,20,27H,4-5,12-13,17-19,32H2,1-3H3,(H,37,38);(H,6,7). The molecule has 48 heavy (non-hydrogen) atoms. The Balaban J connectivity index is 0.000000671. The van der Waals surface area contributed by atoms with Crippen molar-refractivity contribution in [1.82, 2.24) is 19.3 Å². The highest BCUT2D eigenvalue weighted by molar-refractivity contribution is 7.89. The maximum Gasteiger partial charge on any atom is 0.490 e. The Morgan fingerprint density at radius 3 is 2.38 bits per heavy atom. The van der Waals surface area contributed by atoms with Crippen molar-refractivity contribution in [3.63, 3.8) is 0 Å². The van der Waals surface area contributed by atoms with Crippen molar-refractivity contribution in [2.45, 2.75) is 63.1 Å². The summed E-state index contributed by atoms with van der Waals surface area (Å²) in [6, 6.07) is 17.2. The number of hydrogen-bond donors (Lipinski definition) is 3. The lowest BCUT2D eigenvalue weighted by Gasteiger charge is -2.24. The minimum Gasteiger partial charge on any atom is -0.481 e. The van der Waals surface area contributed by atoms with Gasteiger partial charge in [-0.2, -0.15) is 17.5 Å². The lowest BCUT2D eigenvalue weighted by Crippen LogP contribution is -2.33. The normalized spacial score (nSPS) is 16.8. The second-order valence-corrected chi connectivity index (χ2v) is 13.9. The first kappa shape index (κ1) is 36.5. The molecule has 3 aromatic carbocycles. The van der Waals surface area contributed by atoms with Crippen molar-refractivity contribution in [3.05, 3.63) is 88.0 Å². The van der Waals surface area contributed by atoms with Crippen LogP contribution in [0.2, 0.25) is 0 Å². The molecule has 2 heterocycles. The van der Waals surface area contributed by atoms with Gasteiger partial charge in [0.15, 0.2) is 0 Å². The maximum absolute atomic E-state index is 13.9. The van der Waals surface area contributed by atoms with E-state index < -0.39 is 34.1 Å². The third-order valence-electron chi connectivity index (χ3n) is 8.28. The Bertz CT molecular complexity index is 1910. The van der Waals surface area contributed by atoms with E-state index >= 15 is 0 Å². The average Bonchev–Trinajstić information content (AvgIpc) is 3.34. The topological polar surface area (TPSA) is 169 Å². The fourth-order valence-electron chi connectivity index (χ4n) is 5.83. The molecule has 2 unspecified atom stereocenters. The predicted molar refractivity (Wildman–Crippen MR) is 172 cm³/mol. The third kappa shape index (κ3) is 8.57. The van der Waals surface area contributed by atoms with Crippen LogP contribution >= 0.6 is 0 Å². The number of rotatable bonds is 9. The summed E-state index contributed by atoms with van der Waals surface area (Å²) < 4.78 is 62.9. The number of carbonyl (C=O) groups is 2. The molecule has 0 saturated heterocycles. The highest BCUT2D eigenvalue weighted by atomic mass is 32.2. The van der Waals surface area contributed by atoms with Gasteiger partial charge in [-0.1, -0.05) is 48.5 Å². The molecule has 0 fully saturated rings. The van der Waals surface area contributed by atoms with Crippen LogP contribution in [0.25, 0.3) is 11.0 Å².